The lowest BCUT2D eigenvalue weighted by molar-refractivity contribution is 0.591. The highest BCUT2D eigenvalue weighted by Crippen LogP contribution is 2.18. The highest BCUT2D eigenvalue weighted by atomic mass is 19.1. The zero-order valence-electron chi connectivity index (χ0n) is 10.0. The van der Waals surface area contributed by atoms with Crippen LogP contribution in [0.2, 0.25) is 0 Å². The Morgan fingerprint density at radius 2 is 2.31 bits per heavy atom. The van der Waals surface area contributed by atoms with Crippen molar-refractivity contribution in [3.8, 4) is 0 Å². The molecule has 1 heterocycles. The molecule has 0 atom stereocenters. The van der Waals surface area contributed by atoms with Crippen LogP contribution >= 0.6 is 0 Å². The molecule has 0 aromatic carbocycles. The molecular weight excluding hydrogens is 205 g/mol. The van der Waals surface area contributed by atoms with Crippen molar-refractivity contribution in [3.63, 3.8) is 0 Å². The van der Waals surface area contributed by atoms with Gasteiger partial charge in [-0.1, -0.05) is 12.2 Å². The number of halogens is 1. The quantitative estimate of drug-likeness (QED) is 0.773. The lowest BCUT2D eigenvalue weighted by Gasteiger charge is -2.19. The number of nitrogens with zero attached hydrogens (tertiary/aromatic N) is 2. The molecule has 1 aromatic heterocycles. The summed E-state index contributed by atoms with van der Waals surface area (Å²) in [5.74, 6) is 0.108. The first-order valence-corrected chi connectivity index (χ1v) is 5.19. The lowest BCUT2D eigenvalue weighted by Crippen LogP contribution is -2.22. The fraction of sp³-hybridized carbons (Fsp3) is 0.417. The molecule has 0 unspecified atom stereocenters. The van der Waals surface area contributed by atoms with Gasteiger partial charge >= 0.3 is 0 Å². The summed E-state index contributed by atoms with van der Waals surface area (Å²) in [5, 5.41) is 2.93. The smallest absolute Gasteiger partial charge is 0.170 e. The van der Waals surface area contributed by atoms with Gasteiger partial charge in [-0.3, -0.25) is 0 Å². The van der Waals surface area contributed by atoms with Gasteiger partial charge in [-0.2, -0.15) is 0 Å². The van der Waals surface area contributed by atoms with Crippen LogP contribution in [0.1, 0.15) is 12.5 Å². The minimum Gasteiger partial charge on any atom is -0.353 e. The van der Waals surface area contributed by atoms with Crippen LogP contribution in [-0.4, -0.2) is 25.6 Å². The largest absolute Gasteiger partial charge is 0.353 e. The summed E-state index contributed by atoms with van der Waals surface area (Å²) in [6, 6.07) is 1.68. The molecule has 0 amide bonds. The van der Waals surface area contributed by atoms with Crippen LogP contribution in [0, 0.1) is 5.82 Å². The maximum absolute atomic E-state index is 14.0. The van der Waals surface area contributed by atoms with E-state index in [-0.39, 0.29) is 5.82 Å². The van der Waals surface area contributed by atoms with Crippen molar-refractivity contribution in [1.29, 1.82) is 0 Å². The molecule has 0 saturated carbocycles. The van der Waals surface area contributed by atoms with E-state index in [1.807, 2.05) is 14.0 Å². The number of nitrogens with one attached hydrogen (secondary N) is 1. The fourth-order valence-electron chi connectivity index (χ4n) is 1.54. The van der Waals surface area contributed by atoms with Crippen molar-refractivity contribution in [2.45, 2.75) is 13.5 Å². The lowest BCUT2D eigenvalue weighted by atomic mass is 10.2. The summed E-state index contributed by atoms with van der Waals surface area (Å²) in [4.78, 5) is 5.82. The average Bonchev–Trinajstić information content (AvgIpc) is 2.20. The van der Waals surface area contributed by atoms with Crippen LogP contribution in [0.4, 0.5) is 10.2 Å². The summed E-state index contributed by atoms with van der Waals surface area (Å²) < 4.78 is 14.0. The zero-order chi connectivity index (χ0) is 12.1. The minimum atomic E-state index is -0.263. The van der Waals surface area contributed by atoms with Gasteiger partial charge in [0.25, 0.3) is 0 Å². The van der Waals surface area contributed by atoms with Gasteiger partial charge in [-0.15, -0.1) is 0 Å². The SMILES string of the molecule is C=C(C)CN(C)c1nccc(CNC)c1F. The summed E-state index contributed by atoms with van der Waals surface area (Å²) in [7, 11) is 3.60. The Kier molecular flexibility index (Phi) is 4.43. The Labute approximate surface area is 96.0 Å². The number of aromatic nitrogens is 1. The molecule has 88 valence electrons. The number of rotatable bonds is 5. The van der Waals surface area contributed by atoms with E-state index in [4.69, 9.17) is 0 Å². The molecule has 0 aliphatic carbocycles. The normalized spacial score (nSPS) is 10.2. The molecule has 1 N–H and O–H groups in total. The molecule has 0 aliphatic rings. The third-order valence-corrected chi connectivity index (χ3v) is 2.19. The number of hydrogen-bond donors (Lipinski definition) is 1. The molecule has 16 heavy (non-hydrogen) atoms. The van der Waals surface area contributed by atoms with E-state index < -0.39 is 0 Å². The summed E-state index contributed by atoms with van der Waals surface area (Å²) >= 11 is 0. The number of anilines is 1. The summed E-state index contributed by atoms with van der Waals surface area (Å²) in [6.07, 6.45) is 1.63. The van der Waals surface area contributed by atoms with Crippen LogP contribution in [0.3, 0.4) is 0 Å². The number of hydrogen-bond acceptors (Lipinski definition) is 3. The van der Waals surface area contributed by atoms with Crippen molar-refractivity contribution in [1.82, 2.24) is 10.3 Å². The molecule has 0 aliphatic heterocycles. The zero-order valence-corrected chi connectivity index (χ0v) is 10.0. The molecular formula is C12H18FN3. The second-order valence-corrected chi connectivity index (χ2v) is 3.95. The molecule has 1 aromatic rings. The molecule has 4 heteroatoms. The van der Waals surface area contributed by atoms with E-state index in [2.05, 4.69) is 16.9 Å². The maximum atomic E-state index is 14.0. The third kappa shape index (κ3) is 3.03. The highest BCUT2D eigenvalue weighted by Gasteiger charge is 2.12. The monoisotopic (exact) mass is 223 g/mol. The molecule has 0 bridgehead atoms. The van der Waals surface area contributed by atoms with Gasteiger partial charge in [0.15, 0.2) is 11.6 Å². The van der Waals surface area contributed by atoms with Gasteiger partial charge in [0.1, 0.15) is 0 Å². The van der Waals surface area contributed by atoms with E-state index in [9.17, 15) is 4.39 Å². The minimum absolute atomic E-state index is 0.263. The second kappa shape index (κ2) is 5.61. The van der Waals surface area contributed by atoms with Crippen LogP contribution < -0.4 is 10.2 Å². The molecule has 0 saturated heterocycles. The third-order valence-electron chi connectivity index (χ3n) is 2.19. The predicted molar refractivity (Wildman–Crippen MR) is 65.0 cm³/mol. The predicted octanol–water partition coefficient (Wildman–Crippen LogP) is 1.95. The first kappa shape index (κ1) is 12.6. The topological polar surface area (TPSA) is 28.2 Å². The standard InChI is InChI=1S/C12H18FN3/c1-9(2)8-16(4)12-11(13)10(7-14-3)5-6-15-12/h5-6,14H,1,7-8H2,2-4H3. The van der Waals surface area contributed by atoms with E-state index in [1.54, 1.807) is 24.2 Å². The fourth-order valence-corrected chi connectivity index (χ4v) is 1.54. The van der Waals surface area contributed by atoms with E-state index in [0.717, 1.165) is 5.57 Å². The highest BCUT2D eigenvalue weighted by molar-refractivity contribution is 5.43. The number of pyridine rings is 1. The van der Waals surface area contributed by atoms with Crippen molar-refractivity contribution in [2.24, 2.45) is 0 Å². The van der Waals surface area contributed by atoms with Gasteiger partial charge in [0.05, 0.1) is 0 Å². The van der Waals surface area contributed by atoms with Gasteiger partial charge in [-0.25, -0.2) is 9.37 Å². The van der Waals surface area contributed by atoms with Gasteiger partial charge in [0.2, 0.25) is 0 Å². The van der Waals surface area contributed by atoms with Crippen molar-refractivity contribution >= 4 is 5.82 Å². The Balaban J connectivity index is 2.95. The van der Waals surface area contributed by atoms with Crippen molar-refractivity contribution in [3.05, 3.63) is 35.8 Å². The van der Waals surface area contributed by atoms with E-state index in [0.29, 0.717) is 24.5 Å². The van der Waals surface area contributed by atoms with E-state index >= 15 is 0 Å². The average molecular weight is 223 g/mol. The van der Waals surface area contributed by atoms with Crippen LogP contribution in [0.5, 0.6) is 0 Å². The van der Waals surface area contributed by atoms with Crippen LogP contribution in [0.15, 0.2) is 24.4 Å². The van der Waals surface area contributed by atoms with Crippen LogP contribution in [-0.2, 0) is 6.54 Å². The molecule has 0 spiro atoms. The Morgan fingerprint density at radius 3 is 2.88 bits per heavy atom. The van der Waals surface area contributed by atoms with Gasteiger partial charge in [-0.05, 0) is 20.0 Å². The Morgan fingerprint density at radius 1 is 1.62 bits per heavy atom. The molecule has 0 fully saturated rings. The Hall–Kier alpha value is -1.42. The van der Waals surface area contributed by atoms with Crippen molar-refractivity contribution < 1.29 is 4.39 Å². The molecule has 1 rings (SSSR count). The molecule has 0 radical (unpaired) electrons. The van der Waals surface area contributed by atoms with Gasteiger partial charge < -0.3 is 10.2 Å². The summed E-state index contributed by atoms with van der Waals surface area (Å²) in [5.41, 5.74) is 1.60. The van der Waals surface area contributed by atoms with Crippen molar-refractivity contribution in [2.75, 3.05) is 25.5 Å². The number of likely N-dealkylation sites (N-methyl/N-ethyl adjacent to an activating group) is 1. The first-order valence-electron chi connectivity index (χ1n) is 5.19. The second-order valence-electron chi connectivity index (χ2n) is 3.95. The maximum Gasteiger partial charge on any atom is 0.170 e. The van der Waals surface area contributed by atoms with E-state index in [1.165, 1.54) is 0 Å². The Bertz CT molecular complexity index is 377. The first-order chi connectivity index (χ1) is 7.56. The molecule has 3 nitrogen and oxygen atoms in total. The summed E-state index contributed by atoms with van der Waals surface area (Å²) in [6.45, 7) is 6.82. The van der Waals surface area contributed by atoms with Crippen LogP contribution in [0.25, 0.3) is 0 Å². The van der Waals surface area contributed by atoms with Gasteiger partial charge in [0, 0.05) is 31.9 Å².